The van der Waals surface area contributed by atoms with E-state index in [9.17, 15) is 4.79 Å². The molecule has 0 aliphatic carbocycles. The Hall–Kier alpha value is -2.77. The summed E-state index contributed by atoms with van der Waals surface area (Å²) in [4.78, 5) is 27.5. The van der Waals surface area contributed by atoms with Gasteiger partial charge in [-0.2, -0.15) is 0 Å². The Morgan fingerprint density at radius 1 is 1.17 bits per heavy atom. The number of aryl methyl sites for hydroxylation is 1. The van der Waals surface area contributed by atoms with E-state index < -0.39 is 0 Å². The Morgan fingerprint density at radius 2 is 1.93 bits per heavy atom. The van der Waals surface area contributed by atoms with Crippen LogP contribution in [0.3, 0.4) is 0 Å². The number of hydrogen-bond acceptors (Lipinski definition) is 7. The lowest BCUT2D eigenvalue weighted by atomic mass is 10.2. The summed E-state index contributed by atoms with van der Waals surface area (Å²) in [6.45, 7) is 8.82. The molecule has 30 heavy (non-hydrogen) atoms. The number of nitrogens with zero attached hydrogens (tertiary/aromatic N) is 4. The second-order valence-corrected chi connectivity index (χ2v) is 8.25. The number of thiophene rings is 1. The molecule has 0 N–H and O–H groups in total. The fourth-order valence-corrected chi connectivity index (χ4v) is 4.77. The van der Waals surface area contributed by atoms with Crippen molar-refractivity contribution in [2.45, 2.75) is 13.8 Å². The van der Waals surface area contributed by atoms with E-state index in [2.05, 4.69) is 56.2 Å². The van der Waals surface area contributed by atoms with E-state index in [0.29, 0.717) is 11.5 Å². The number of esters is 1. The molecule has 3 heterocycles. The maximum atomic E-state index is 12.3. The molecule has 0 atom stereocenters. The number of rotatable bonds is 6. The van der Waals surface area contributed by atoms with Gasteiger partial charge in [0.05, 0.1) is 12.0 Å². The summed E-state index contributed by atoms with van der Waals surface area (Å²) in [5.74, 6) is 0.641. The van der Waals surface area contributed by atoms with Crippen LogP contribution in [-0.2, 0) is 4.74 Å². The van der Waals surface area contributed by atoms with Gasteiger partial charge in [-0.1, -0.05) is 42.5 Å². The number of carbonyl (C=O) groups is 1. The van der Waals surface area contributed by atoms with E-state index in [0.717, 1.165) is 54.3 Å². The topological polar surface area (TPSA) is 58.6 Å². The molecule has 1 saturated heterocycles. The minimum Gasteiger partial charge on any atom is -0.462 e. The number of aromatic nitrogens is 2. The minimum absolute atomic E-state index is 0.279. The van der Waals surface area contributed by atoms with E-state index >= 15 is 0 Å². The summed E-state index contributed by atoms with van der Waals surface area (Å²) < 4.78 is 5.20. The maximum absolute atomic E-state index is 12.3. The highest BCUT2D eigenvalue weighted by molar-refractivity contribution is 7.20. The SMILES string of the molecule is CCOC(=O)c1sc2ncnc(N3CCN(C/C=C/c4ccccc4)CC3)c2c1C. The number of piperazine rings is 1. The van der Waals surface area contributed by atoms with Gasteiger partial charge in [0.15, 0.2) is 0 Å². The van der Waals surface area contributed by atoms with Crippen molar-refractivity contribution in [1.82, 2.24) is 14.9 Å². The molecule has 6 nitrogen and oxygen atoms in total. The van der Waals surface area contributed by atoms with Crippen LogP contribution < -0.4 is 4.90 Å². The molecule has 1 aliphatic rings. The highest BCUT2D eigenvalue weighted by atomic mass is 32.1. The van der Waals surface area contributed by atoms with Crippen LogP contribution in [0.5, 0.6) is 0 Å². The van der Waals surface area contributed by atoms with Crippen LogP contribution in [0.4, 0.5) is 5.82 Å². The minimum atomic E-state index is -0.279. The Labute approximate surface area is 180 Å². The van der Waals surface area contributed by atoms with Crippen molar-refractivity contribution in [2.24, 2.45) is 0 Å². The van der Waals surface area contributed by atoms with Crippen molar-refractivity contribution >= 4 is 39.4 Å². The summed E-state index contributed by atoms with van der Waals surface area (Å²) in [5.41, 5.74) is 2.14. The molecule has 0 spiro atoms. The van der Waals surface area contributed by atoms with Gasteiger partial charge in [-0.05, 0) is 25.0 Å². The molecule has 156 valence electrons. The number of fused-ring (bicyclic) bond motifs is 1. The molecule has 1 fully saturated rings. The fraction of sp³-hybridized carbons (Fsp3) is 0.348. The van der Waals surface area contributed by atoms with Crippen LogP contribution >= 0.6 is 11.3 Å². The Balaban J connectivity index is 1.44. The molecule has 0 saturated carbocycles. The van der Waals surface area contributed by atoms with Crippen molar-refractivity contribution in [1.29, 1.82) is 0 Å². The molecule has 1 aliphatic heterocycles. The van der Waals surface area contributed by atoms with E-state index in [1.807, 2.05) is 19.9 Å². The average Bonchev–Trinajstić information content (AvgIpc) is 3.12. The van der Waals surface area contributed by atoms with Gasteiger partial charge in [-0.15, -0.1) is 11.3 Å². The van der Waals surface area contributed by atoms with Crippen molar-refractivity contribution in [3.05, 3.63) is 58.7 Å². The van der Waals surface area contributed by atoms with Crippen molar-refractivity contribution in [3.63, 3.8) is 0 Å². The Bertz CT molecular complexity index is 1040. The number of ether oxygens (including phenoxy) is 1. The van der Waals surface area contributed by atoms with Gasteiger partial charge in [-0.3, -0.25) is 4.90 Å². The second-order valence-electron chi connectivity index (χ2n) is 7.25. The quantitative estimate of drug-likeness (QED) is 0.560. The lowest BCUT2D eigenvalue weighted by Crippen LogP contribution is -2.46. The van der Waals surface area contributed by atoms with Crippen molar-refractivity contribution in [3.8, 4) is 0 Å². The molecule has 7 heteroatoms. The van der Waals surface area contributed by atoms with Crippen LogP contribution in [0.2, 0.25) is 0 Å². The average molecular weight is 423 g/mol. The summed E-state index contributed by atoms with van der Waals surface area (Å²) in [6, 6.07) is 10.4. The first kappa shape index (κ1) is 20.5. The van der Waals surface area contributed by atoms with Gasteiger partial charge >= 0.3 is 5.97 Å². The maximum Gasteiger partial charge on any atom is 0.348 e. The smallest absolute Gasteiger partial charge is 0.348 e. The predicted molar refractivity (Wildman–Crippen MR) is 122 cm³/mol. The summed E-state index contributed by atoms with van der Waals surface area (Å²) in [5, 5.41) is 0.975. The van der Waals surface area contributed by atoms with Crippen LogP contribution in [0.1, 0.15) is 27.7 Å². The standard InChI is InChI=1S/C23H26N4O2S/c1-3-29-23(28)20-17(2)19-21(24-16-25-22(19)30-20)27-14-12-26(13-15-27)11-7-10-18-8-5-4-6-9-18/h4-10,16H,3,11-15H2,1-2H3/b10-7+. The largest absolute Gasteiger partial charge is 0.462 e. The van der Waals surface area contributed by atoms with Gasteiger partial charge in [-0.25, -0.2) is 14.8 Å². The Morgan fingerprint density at radius 3 is 2.67 bits per heavy atom. The van der Waals surface area contributed by atoms with Gasteiger partial charge in [0, 0.05) is 32.7 Å². The Kier molecular flexibility index (Phi) is 6.40. The van der Waals surface area contributed by atoms with Gasteiger partial charge in [0.2, 0.25) is 0 Å². The number of carbonyl (C=O) groups excluding carboxylic acids is 1. The normalized spacial score (nSPS) is 15.2. The van der Waals surface area contributed by atoms with E-state index in [1.54, 1.807) is 6.33 Å². The molecule has 0 radical (unpaired) electrons. The third kappa shape index (κ3) is 4.37. The molecular formula is C23H26N4O2S. The molecule has 2 aromatic heterocycles. The number of benzene rings is 1. The monoisotopic (exact) mass is 422 g/mol. The molecule has 0 bridgehead atoms. The zero-order chi connectivity index (χ0) is 20.9. The summed E-state index contributed by atoms with van der Waals surface area (Å²) in [6.07, 6.45) is 5.99. The lowest BCUT2D eigenvalue weighted by molar-refractivity contribution is 0.0531. The third-order valence-electron chi connectivity index (χ3n) is 5.31. The van der Waals surface area contributed by atoms with E-state index in [1.165, 1.54) is 16.9 Å². The zero-order valence-electron chi connectivity index (χ0n) is 17.4. The van der Waals surface area contributed by atoms with Gasteiger partial charge in [0.25, 0.3) is 0 Å². The van der Waals surface area contributed by atoms with Crippen LogP contribution in [-0.4, -0.2) is 60.2 Å². The fourth-order valence-electron chi connectivity index (χ4n) is 3.73. The summed E-state index contributed by atoms with van der Waals surface area (Å²) >= 11 is 1.39. The zero-order valence-corrected chi connectivity index (χ0v) is 18.2. The van der Waals surface area contributed by atoms with Gasteiger partial charge < -0.3 is 9.64 Å². The molecule has 3 aromatic rings. The van der Waals surface area contributed by atoms with E-state index in [-0.39, 0.29) is 5.97 Å². The lowest BCUT2D eigenvalue weighted by Gasteiger charge is -2.35. The van der Waals surface area contributed by atoms with Crippen LogP contribution in [0.15, 0.2) is 42.7 Å². The molecule has 0 amide bonds. The molecule has 1 aromatic carbocycles. The van der Waals surface area contributed by atoms with Crippen molar-refractivity contribution in [2.75, 3.05) is 44.2 Å². The highest BCUT2D eigenvalue weighted by Crippen LogP contribution is 2.35. The van der Waals surface area contributed by atoms with Crippen LogP contribution in [0, 0.1) is 6.92 Å². The predicted octanol–water partition coefficient (Wildman–Crippen LogP) is 4.01. The first-order chi connectivity index (χ1) is 14.7. The number of hydrogen-bond donors (Lipinski definition) is 0. The van der Waals surface area contributed by atoms with Gasteiger partial charge in [0.1, 0.15) is 21.9 Å². The first-order valence-electron chi connectivity index (χ1n) is 10.3. The third-order valence-corrected chi connectivity index (χ3v) is 6.49. The molecule has 0 unspecified atom stereocenters. The second kappa shape index (κ2) is 9.36. The highest BCUT2D eigenvalue weighted by Gasteiger charge is 2.24. The van der Waals surface area contributed by atoms with Crippen molar-refractivity contribution < 1.29 is 9.53 Å². The first-order valence-corrected chi connectivity index (χ1v) is 11.1. The van der Waals surface area contributed by atoms with E-state index in [4.69, 9.17) is 4.74 Å². The molecule has 4 rings (SSSR count). The molecular weight excluding hydrogens is 396 g/mol. The van der Waals surface area contributed by atoms with Crippen LogP contribution in [0.25, 0.3) is 16.3 Å². The number of anilines is 1. The summed E-state index contributed by atoms with van der Waals surface area (Å²) in [7, 11) is 0.